The lowest BCUT2D eigenvalue weighted by Gasteiger charge is -2.29. The van der Waals surface area contributed by atoms with Gasteiger partial charge in [-0.15, -0.1) is 0 Å². The van der Waals surface area contributed by atoms with Crippen molar-refractivity contribution < 1.29 is 17.9 Å². The summed E-state index contributed by atoms with van der Waals surface area (Å²) in [5.74, 6) is 0. The average Bonchev–Trinajstić information content (AvgIpc) is 2.82. The number of halogens is 3. The van der Waals surface area contributed by atoms with Gasteiger partial charge in [0.2, 0.25) is 0 Å². The Kier molecular flexibility index (Phi) is 3.91. The molecule has 1 aromatic carbocycles. The van der Waals surface area contributed by atoms with Crippen molar-refractivity contribution in [1.82, 2.24) is 0 Å². The minimum atomic E-state index is -4.44. The fourth-order valence-electron chi connectivity index (χ4n) is 2.52. The Bertz CT molecular complexity index is 536. The Morgan fingerprint density at radius 1 is 1.40 bits per heavy atom. The van der Waals surface area contributed by atoms with E-state index >= 15 is 0 Å². The van der Waals surface area contributed by atoms with Crippen LogP contribution >= 0.6 is 0 Å². The standard InChI is InChI=1S/C14H15F3N2O/c1-9-12(5-6-20-9)19(2)13-4-3-11(14(15,16)17)7-10(13)8-18/h3-4,7,9,12H,5-6H2,1-2H3. The molecule has 2 rings (SSSR count). The van der Waals surface area contributed by atoms with Crippen molar-refractivity contribution in [3.63, 3.8) is 0 Å². The molecule has 2 atom stereocenters. The molecule has 1 saturated heterocycles. The molecule has 1 aliphatic heterocycles. The van der Waals surface area contributed by atoms with Gasteiger partial charge in [-0.1, -0.05) is 0 Å². The maximum atomic E-state index is 12.7. The molecule has 0 amide bonds. The van der Waals surface area contributed by atoms with Gasteiger partial charge in [0, 0.05) is 13.7 Å². The van der Waals surface area contributed by atoms with E-state index in [2.05, 4.69) is 0 Å². The first kappa shape index (κ1) is 14.7. The molecule has 20 heavy (non-hydrogen) atoms. The number of nitrogens with zero attached hydrogens (tertiary/aromatic N) is 2. The number of rotatable bonds is 2. The largest absolute Gasteiger partial charge is 0.416 e. The zero-order valence-corrected chi connectivity index (χ0v) is 11.2. The Hall–Kier alpha value is -1.74. The molecular weight excluding hydrogens is 269 g/mol. The molecule has 0 spiro atoms. The maximum absolute atomic E-state index is 12.7. The molecule has 0 aliphatic carbocycles. The summed E-state index contributed by atoms with van der Waals surface area (Å²) in [6, 6.07) is 5.17. The third kappa shape index (κ3) is 2.73. The Labute approximate surface area is 115 Å². The van der Waals surface area contributed by atoms with Crippen molar-refractivity contribution in [3.8, 4) is 6.07 Å². The maximum Gasteiger partial charge on any atom is 0.416 e. The molecule has 1 fully saturated rings. The van der Waals surface area contributed by atoms with Crippen LogP contribution in [0, 0.1) is 11.3 Å². The van der Waals surface area contributed by atoms with Crippen LogP contribution in [0.3, 0.4) is 0 Å². The monoisotopic (exact) mass is 284 g/mol. The summed E-state index contributed by atoms with van der Waals surface area (Å²) in [6.07, 6.45) is -3.65. The molecule has 1 aromatic rings. The van der Waals surface area contributed by atoms with Crippen LogP contribution in [-0.4, -0.2) is 25.8 Å². The summed E-state index contributed by atoms with van der Waals surface area (Å²) in [5.41, 5.74) is -0.272. The molecule has 6 heteroatoms. The van der Waals surface area contributed by atoms with Gasteiger partial charge >= 0.3 is 6.18 Å². The Balaban J connectivity index is 2.35. The van der Waals surface area contributed by atoms with Gasteiger partial charge in [-0.05, 0) is 31.5 Å². The molecule has 108 valence electrons. The highest BCUT2D eigenvalue weighted by Gasteiger charge is 2.33. The predicted octanol–water partition coefficient (Wildman–Crippen LogP) is 3.19. The van der Waals surface area contributed by atoms with Crippen LogP contribution in [0.25, 0.3) is 0 Å². The first-order valence-electron chi connectivity index (χ1n) is 6.30. The van der Waals surface area contributed by atoms with Crippen LogP contribution in [0.15, 0.2) is 18.2 Å². The molecular formula is C14H15F3N2O. The Morgan fingerprint density at radius 2 is 2.10 bits per heavy atom. The van der Waals surface area contributed by atoms with Gasteiger partial charge in [-0.2, -0.15) is 18.4 Å². The van der Waals surface area contributed by atoms with Gasteiger partial charge in [0.05, 0.1) is 29.0 Å². The fourth-order valence-corrected chi connectivity index (χ4v) is 2.52. The molecule has 0 radical (unpaired) electrons. The zero-order valence-electron chi connectivity index (χ0n) is 11.2. The minimum absolute atomic E-state index is 0.00571. The second-order valence-corrected chi connectivity index (χ2v) is 4.88. The summed E-state index contributed by atoms with van der Waals surface area (Å²) < 4.78 is 43.4. The average molecular weight is 284 g/mol. The third-order valence-corrected chi connectivity index (χ3v) is 3.66. The van der Waals surface area contributed by atoms with Gasteiger partial charge < -0.3 is 9.64 Å². The predicted molar refractivity (Wildman–Crippen MR) is 68.4 cm³/mol. The third-order valence-electron chi connectivity index (χ3n) is 3.66. The van der Waals surface area contributed by atoms with Crippen molar-refractivity contribution in [3.05, 3.63) is 29.3 Å². The van der Waals surface area contributed by atoms with Crippen LogP contribution in [0.4, 0.5) is 18.9 Å². The SMILES string of the molecule is CC1OCCC1N(C)c1ccc(C(F)(F)F)cc1C#N. The van der Waals surface area contributed by atoms with E-state index in [1.807, 2.05) is 17.9 Å². The first-order valence-corrected chi connectivity index (χ1v) is 6.30. The number of anilines is 1. The van der Waals surface area contributed by atoms with Crippen LogP contribution < -0.4 is 4.90 Å². The lowest BCUT2D eigenvalue weighted by Crippen LogP contribution is -2.37. The van der Waals surface area contributed by atoms with Crippen LogP contribution in [-0.2, 0) is 10.9 Å². The van der Waals surface area contributed by atoms with Crippen LogP contribution in [0.1, 0.15) is 24.5 Å². The van der Waals surface area contributed by atoms with Gasteiger partial charge in [-0.3, -0.25) is 0 Å². The number of nitriles is 1. The van der Waals surface area contributed by atoms with E-state index in [-0.39, 0.29) is 17.7 Å². The number of hydrogen-bond donors (Lipinski definition) is 0. The van der Waals surface area contributed by atoms with Crippen molar-refractivity contribution in [2.75, 3.05) is 18.6 Å². The lowest BCUT2D eigenvalue weighted by molar-refractivity contribution is -0.137. The van der Waals surface area contributed by atoms with Crippen LogP contribution in [0.5, 0.6) is 0 Å². The van der Waals surface area contributed by atoms with Gasteiger partial charge in [0.15, 0.2) is 0 Å². The van der Waals surface area contributed by atoms with Gasteiger partial charge in [-0.25, -0.2) is 0 Å². The van der Waals surface area contributed by atoms with E-state index < -0.39 is 11.7 Å². The topological polar surface area (TPSA) is 36.3 Å². The van der Waals surface area contributed by atoms with Crippen molar-refractivity contribution in [2.45, 2.75) is 31.7 Å². The Morgan fingerprint density at radius 3 is 2.60 bits per heavy atom. The number of benzene rings is 1. The number of ether oxygens (including phenoxy) is 1. The molecule has 0 aromatic heterocycles. The summed E-state index contributed by atoms with van der Waals surface area (Å²) in [7, 11) is 1.78. The van der Waals surface area contributed by atoms with E-state index in [4.69, 9.17) is 10.00 Å². The van der Waals surface area contributed by atoms with E-state index in [1.165, 1.54) is 6.07 Å². The summed E-state index contributed by atoms with van der Waals surface area (Å²) in [5, 5.41) is 9.09. The van der Waals surface area contributed by atoms with E-state index in [0.717, 1.165) is 18.6 Å². The number of hydrogen-bond acceptors (Lipinski definition) is 3. The van der Waals surface area contributed by atoms with E-state index in [0.29, 0.717) is 12.3 Å². The number of likely N-dealkylation sites (N-methyl/N-ethyl adjacent to an activating group) is 1. The van der Waals surface area contributed by atoms with Crippen molar-refractivity contribution in [2.24, 2.45) is 0 Å². The van der Waals surface area contributed by atoms with Crippen molar-refractivity contribution >= 4 is 5.69 Å². The van der Waals surface area contributed by atoms with Gasteiger partial charge in [0.1, 0.15) is 6.07 Å². The summed E-state index contributed by atoms with van der Waals surface area (Å²) in [6.45, 7) is 2.54. The highest BCUT2D eigenvalue weighted by atomic mass is 19.4. The molecule has 0 N–H and O–H groups in total. The molecule has 1 heterocycles. The fraction of sp³-hybridized carbons (Fsp3) is 0.500. The lowest BCUT2D eigenvalue weighted by atomic mass is 10.0. The van der Waals surface area contributed by atoms with Gasteiger partial charge in [0.25, 0.3) is 0 Å². The molecule has 1 aliphatic rings. The smallest absolute Gasteiger partial charge is 0.376 e. The molecule has 0 bridgehead atoms. The van der Waals surface area contributed by atoms with Crippen molar-refractivity contribution in [1.29, 1.82) is 5.26 Å². The number of alkyl halides is 3. The first-order chi connectivity index (χ1) is 9.34. The minimum Gasteiger partial charge on any atom is -0.376 e. The van der Waals surface area contributed by atoms with Crippen LogP contribution in [0.2, 0.25) is 0 Å². The normalized spacial score (nSPS) is 22.6. The molecule has 3 nitrogen and oxygen atoms in total. The van der Waals surface area contributed by atoms with E-state index in [9.17, 15) is 13.2 Å². The highest BCUT2D eigenvalue weighted by molar-refractivity contribution is 5.61. The van der Waals surface area contributed by atoms with E-state index in [1.54, 1.807) is 7.05 Å². The summed E-state index contributed by atoms with van der Waals surface area (Å²) >= 11 is 0. The second-order valence-electron chi connectivity index (χ2n) is 4.88. The summed E-state index contributed by atoms with van der Waals surface area (Å²) in [4.78, 5) is 1.83. The molecule has 0 saturated carbocycles. The highest BCUT2D eigenvalue weighted by Crippen LogP contribution is 2.34. The molecule has 2 unspecified atom stereocenters. The zero-order chi connectivity index (χ0) is 14.9. The quantitative estimate of drug-likeness (QED) is 0.836. The second kappa shape index (κ2) is 5.33.